The summed E-state index contributed by atoms with van der Waals surface area (Å²) in [6, 6.07) is 6.51. The fraction of sp³-hybridized carbons (Fsp3) is 0.520. The van der Waals surface area contributed by atoms with Gasteiger partial charge in [0, 0.05) is 44.2 Å². The van der Waals surface area contributed by atoms with Gasteiger partial charge in [-0.15, -0.1) is 0 Å². The van der Waals surface area contributed by atoms with Crippen LogP contribution in [0.25, 0.3) is 16.5 Å². The van der Waals surface area contributed by atoms with E-state index in [-0.39, 0.29) is 23.8 Å². The second-order valence-corrected chi connectivity index (χ2v) is 8.55. The molecule has 0 fully saturated rings. The van der Waals surface area contributed by atoms with Crippen LogP contribution in [0.4, 0.5) is 0 Å². The second kappa shape index (κ2) is 8.38. The van der Waals surface area contributed by atoms with Gasteiger partial charge in [-0.3, -0.25) is 19.1 Å². The Morgan fingerprint density at radius 3 is 2.60 bits per heavy atom. The van der Waals surface area contributed by atoms with Crippen molar-refractivity contribution >= 4 is 28.3 Å². The van der Waals surface area contributed by atoms with Crippen LogP contribution in [0.5, 0.6) is 0 Å². The van der Waals surface area contributed by atoms with Crippen molar-refractivity contribution in [3.8, 4) is 0 Å². The normalized spacial score (nSPS) is 20.7. The van der Waals surface area contributed by atoms with Crippen LogP contribution >= 0.6 is 0 Å². The van der Waals surface area contributed by atoms with Crippen molar-refractivity contribution in [1.82, 2.24) is 14.4 Å². The molecule has 30 heavy (non-hydrogen) atoms. The first-order valence-corrected chi connectivity index (χ1v) is 11.4. The van der Waals surface area contributed by atoms with E-state index in [2.05, 4.69) is 24.0 Å². The van der Waals surface area contributed by atoms with Crippen LogP contribution in [-0.2, 0) is 11.2 Å². The average molecular weight is 408 g/mol. The average Bonchev–Trinajstić information content (AvgIpc) is 3.13. The van der Waals surface area contributed by atoms with E-state index >= 15 is 0 Å². The lowest BCUT2D eigenvalue weighted by molar-refractivity contribution is -0.134. The summed E-state index contributed by atoms with van der Waals surface area (Å²) in [6.45, 7) is 11.2. The number of rotatable bonds is 6. The second-order valence-electron chi connectivity index (χ2n) is 8.55. The predicted octanol–water partition coefficient (Wildman–Crippen LogP) is 4.21. The molecule has 0 saturated heterocycles. The highest BCUT2D eigenvalue weighted by molar-refractivity contribution is 6.03. The summed E-state index contributed by atoms with van der Waals surface area (Å²) in [7, 11) is 0. The highest BCUT2D eigenvalue weighted by Crippen LogP contribution is 2.42. The molecule has 1 amide bonds. The maximum atomic E-state index is 13.2. The fourth-order valence-electron chi connectivity index (χ4n) is 5.23. The standard InChI is InChI=1S/C25H33N3O2/c1-5-8-12-27-15-19(25(30)26(6-2)7-3)13-21-20-10-9-11-22-24(20)18(14-23(21)27)16-28(22)17(4)29/h9-11,13,16,19,23H,5-8,12,14-15H2,1-4H3/t19-,23?/m1/s1. The van der Waals surface area contributed by atoms with E-state index in [1.807, 2.05) is 37.1 Å². The summed E-state index contributed by atoms with van der Waals surface area (Å²) in [5, 5.41) is 1.18. The van der Waals surface area contributed by atoms with E-state index in [4.69, 9.17) is 0 Å². The molecule has 0 saturated carbocycles. The number of hydrogen-bond acceptors (Lipinski definition) is 3. The Kier molecular flexibility index (Phi) is 5.83. The molecule has 5 heteroatoms. The van der Waals surface area contributed by atoms with Gasteiger partial charge in [0.1, 0.15) is 0 Å². The molecule has 1 aliphatic heterocycles. The lowest BCUT2D eigenvalue weighted by Crippen LogP contribution is -2.49. The molecule has 1 aliphatic carbocycles. The molecule has 2 heterocycles. The molecular formula is C25H33N3O2. The van der Waals surface area contributed by atoms with Crippen molar-refractivity contribution in [3.05, 3.63) is 41.6 Å². The van der Waals surface area contributed by atoms with Gasteiger partial charge in [-0.2, -0.15) is 0 Å². The number of fused-ring (bicyclic) bond motifs is 2. The number of amides is 1. The van der Waals surface area contributed by atoms with Gasteiger partial charge in [0.25, 0.3) is 0 Å². The molecule has 2 aliphatic rings. The number of unbranched alkanes of at least 4 members (excludes halogenated alkanes) is 1. The van der Waals surface area contributed by atoms with Gasteiger partial charge < -0.3 is 4.90 Å². The third-order valence-corrected chi connectivity index (χ3v) is 6.77. The highest BCUT2D eigenvalue weighted by atomic mass is 16.2. The van der Waals surface area contributed by atoms with Gasteiger partial charge in [0.2, 0.25) is 11.8 Å². The number of benzene rings is 1. The van der Waals surface area contributed by atoms with Gasteiger partial charge in [-0.05, 0) is 56.0 Å². The molecule has 0 bridgehead atoms. The first-order valence-electron chi connectivity index (χ1n) is 11.4. The SMILES string of the molecule is CCCCN1C[C@H](C(=O)N(CC)CC)C=C2c3cccc4c3c(cn4C(C)=O)CC21. The molecule has 0 spiro atoms. The third kappa shape index (κ3) is 3.39. The Labute approximate surface area is 179 Å². The zero-order valence-electron chi connectivity index (χ0n) is 18.6. The molecule has 1 aromatic carbocycles. The topological polar surface area (TPSA) is 45.6 Å². The Hall–Kier alpha value is -2.40. The summed E-state index contributed by atoms with van der Waals surface area (Å²) < 4.78 is 1.78. The smallest absolute Gasteiger partial charge is 0.230 e. The lowest BCUT2D eigenvalue weighted by atomic mass is 9.79. The molecule has 2 aromatic rings. The highest BCUT2D eigenvalue weighted by Gasteiger charge is 2.38. The molecule has 4 rings (SSSR count). The van der Waals surface area contributed by atoms with Crippen molar-refractivity contribution in [2.45, 2.75) is 53.0 Å². The molecule has 160 valence electrons. The summed E-state index contributed by atoms with van der Waals surface area (Å²) in [5.74, 6) is 0.158. The number of carbonyl (C=O) groups excluding carboxylic acids is 2. The van der Waals surface area contributed by atoms with Gasteiger partial charge >= 0.3 is 0 Å². The van der Waals surface area contributed by atoms with E-state index in [1.165, 1.54) is 22.1 Å². The van der Waals surface area contributed by atoms with E-state index in [1.54, 1.807) is 11.5 Å². The van der Waals surface area contributed by atoms with Crippen LogP contribution in [-0.4, -0.2) is 58.4 Å². The van der Waals surface area contributed by atoms with Gasteiger partial charge in [-0.25, -0.2) is 0 Å². The van der Waals surface area contributed by atoms with Crippen LogP contribution in [0.2, 0.25) is 0 Å². The monoisotopic (exact) mass is 407 g/mol. The summed E-state index contributed by atoms with van der Waals surface area (Å²) in [6.07, 6.45) is 7.42. The van der Waals surface area contributed by atoms with Crippen molar-refractivity contribution < 1.29 is 9.59 Å². The third-order valence-electron chi connectivity index (χ3n) is 6.77. The van der Waals surface area contributed by atoms with Gasteiger partial charge in [0.05, 0.1) is 11.4 Å². The minimum atomic E-state index is -0.111. The van der Waals surface area contributed by atoms with E-state index in [0.717, 1.165) is 51.0 Å². The molecule has 0 N–H and O–H groups in total. The van der Waals surface area contributed by atoms with Crippen molar-refractivity contribution in [2.75, 3.05) is 26.2 Å². The first kappa shape index (κ1) is 20.9. The van der Waals surface area contributed by atoms with Crippen molar-refractivity contribution in [3.63, 3.8) is 0 Å². The molecule has 1 unspecified atom stereocenters. The number of aromatic nitrogens is 1. The predicted molar refractivity (Wildman–Crippen MR) is 122 cm³/mol. The van der Waals surface area contributed by atoms with Crippen LogP contribution in [0, 0.1) is 5.92 Å². The Balaban J connectivity index is 1.83. The first-order chi connectivity index (χ1) is 14.5. The quantitative estimate of drug-likeness (QED) is 0.721. The molecule has 0 radical (unpaired) electrons. The van der Waals surface area contributed by atoms with Crippen LogP contribution in [0.15, 0.2) is 30.5 Å². The summed E-state index contributed by atoms with van der Waals surface area (Å²) >= 11 is 0. The van der Waals surface area contributed by atoms with Gasteiger partial charge in [0.15, 0.2) is 0 Å². The molecule has 5 nitrogen and oxygen atoms in total. The van der Waals surface area contributed by atoms with Crippen LogP contribution < -0.4 is 0 Å². The van der Waals surface area contributed by atoms with Crippen molar-refractivity contribution in [2.24, 2.45) is 5.92 Å². The number of nitrogens with zero attached hydrogens (tertiary/aromatic N) is 3. The molecular weight excluding hydrogens is 374 g/mol. The van der Waals surface area contributed by atoms with E-state index in [9.17, 15) is 9.59 Å². The summed E-state index contributed by atoms with van der Waals surface area (Å²) in [4.78, 5) is 29.9. The summed E-state index contributed by atoms with van der Waals surface area (Å²) in [5.41, 5.74) is 4.68. The largest absolute Gasteiger partial charge is 0.343 e. The van der Waals surface area contributed by atoms with E-state index in [0.29, 0.717) is 0 Å². The minimum absolute atomic E-state index is 0.0414. The number of hydrogen-bond donors (Lipinski definition) is 0. The van der Waals surface area contributed by atoms with Crippen LogP contribution in [0.1, 0.15) is 56.5 Å². The Morgan fingerprint density at radius 1 is 1.17 bits per heavy atom. The number of carbonyl (C=O) groups is 2. The Morgan fingerprint density at radius 2 is 1.93 bits per heavy atom. The minimum Gasteiger partial charge on any atom is -0.343 e. The maximum absolute atomic E-state index is 13.2. The zero-order chi connectivity index (χ0) is 21.4. The Bertz CT molecular complexity index is 999. The van der Waals surface area contributed by atoms with Crippen LogP contribution in [0.3, 0.4) is 0 Å². The van der Waals surface area contributed by atoms with Crippen molar-refractivity contribution in [1.29, 1.82) is 0 Å². The molecule has 2 atom stereocenters. The zero-order valence-corrected chi connectivity index (χ0v) is 18.6. The lowest BCUT2D eigenvalue weighted by Gasteiger charge is -2.42. The molecule has 1 aromatic heterocycles. The maximum Gasteiger partial charge on any atom is 0.230 e. The van der Waals surface area contributed by atoms with E-state index < -0.39 is 0 Å². The van der Waals surface area contributed by atoms with Gasteiger partial charge in [-0.1, -0.05) is 31.6 Å². The fourth-order valence-corrected chi connectivity index (χ4v) is 5.23.